The second-order valence-corrected chi connectivity index (χ2v) is 4.27. The van der Waals surface area contributed by atoms with E-state index in [1.807, 2.05) is 6.92 Å². The highest BCUT2D eigenvalue weighted by molar-refractivity contribution is 6.07. The molecule has 1 amide bonds. The lowest BCUT2D eigenvalue weighted by Gasteiger charge is -2.07. The molecule has 0 fully saturated rings. The first-order valence-corrected chi connectivity index (χ1v) is 6.07. The number of rotatable bonds is 4. The van der Waals surface area contributed by atoms with E-state index in [-0.39, 0.29) is 11.3 Å². The minimum absolute atomic E-state index is 0.0817. The predicted octanol–water partition coefficient (Wildman–Crippen LogP) is 1.99. The van der Waals surface area contributed by atoms with Gasteiger partial charge in [-0.2, -0.15) is 0 Å². The molecule has 0 atom stereocenters. The van der Waals surface area contributed by atoms with Crippen LogP contribution in [0.2, 0.25) is 0 Å². The number of nitrogens with one attached hydrogen (secondary N) is 2. The Morgan fingerprint density at radius 3 is 2.52 bits per heavy atom. The van der Waals surface area contributed by atoms with Crippen LogP contribution in [0.25, 0.3) is 0 Å². The van der Waals surface area contributed by atoms with Gasteiger partial charge in [-0.1, -0.05) is 6.07 Å². The number of carbonyl (C=O) groups is 1. The summed E-state index contributed by atoms with van der Waals surface area (Å²) in [5, 5.41) is 16.2. The second kappa shape index (κ2) is 5.95. The summed E-state index contributed by atoms with van der Waals surface area (Å²) in [4.78, 5) is 30.4. The molecule has 2 rings (SSSR count). The molecule has 2 N–H and O–H groups in total. The number of anilines is 2. The molecule has 8 nitrogen and oxygen atoms in total. The Hall–Kier alpha value is -3.03. The van der Waals surface area contributed by atoms with Crippen molar-refractivity contribution in [2.24, 2.45) is 0 Å². The van der Waals surface area contributed by atoms with E-state index in [1.54, 1.807) is 25.4 Å². The summed E-state index contributed by atoms with van der Waals surface area (Å²) in [5.41, 5.74) is 0.501. The molecule has 0 aliphatic carbocycles. The van der Waals surface area contributed by atoms with Crippen LogP contribution < -0.4 is 10.6 Å². The maximum Gasteiger partial charge on any atom is 0.300 e. The van der Waals surface area contributed by atoms with E-state index in [2.05, 4.69) is 20.6 Å². The lowest BCUT2D eigenvalue weighted by Crippen LogP contribution is -2.15. The number of hydrogen-bond acceptors (Lipinski definition) is 6. The van der Waals surface area contributed by atoms with Crippen molar-refractivity contribution in [1.82, 2.24) is 9.97 Å². The average molecular weight is 287 g/mol. The molecule has 0 bridgehead atoms. The molecule has 0 saturated heterocycles. The van der Waals surface area contributed by atoms with Crippen molar-refractivity contribution >= 4 is 23.2 Å². The Balaban J connectivity index is 2.33. The van der Waals surface area contributed by atoms with Crippen LogP contribution in [0, 0.1) is 17.0 Å². The summed E-state index contributed by atoms with van der Waals surface area (Å²) >= 11 is 0. The quantitative estimate of drug-likeness (QED) is 0.657. The summed E-state index contributed by atoms with van der Waals surface area (Å²) in [6, 6.07) is 4.73. The van der Waals surface area contributed by atoms with E-state index in [0.29, 0.717) is 11.6 Å². The number of carbonyl (C=O) groups excluding carboxylic acids is 1. The first kappa shape index (κ1) is 14.4. The lowest BCUT2D eigenvalue weighted by molar-refractivity contribution is -0.385. The number of nitro groups is 1. The predicted molar refractivity (Wildman–Crippen MR) is 77.4 cm³/mol. The van der Waals surface area contributed by atoms with E-state index in [0.717, 1.165) is 11.8 Å². The number of nitrogens with zero attached hydrogens (tertiary/aromatic N) is 3. The molecule has 0 aliphatic rings. The van der Waals surface area contributed by atoms with Crippen LogP contribution in [0.5, 0.6) is 0 Å². The maximum atomic E-state index is 12.2. The molecule has 0 aliphatic heterocycles. The summed E-state index contributed by atoms with van der Waals surface area (Å²) in [6.45, 7) is 1.87. The van der Waals surface area contributed by atoms with Crippen molar-refractivity contribution in [2.75, 3.05) is 17.7 Å². The third-order valence-corrected chi connectivity index (χ3v) is 2.73. The smallest absolute Gasteiger partial charge is 0.300 e. The number of pyridine rings is 2. The first-order chi connectivity index (χ1) is 10.0. The van der Waals surface area contributed by atoms with Gasteiger partial charge in [0, 0.05) is 19.3 Å². The van der Waals surface area contributed by atoms with Crippen molar-refractivity contribution in [3.8, 4) is 0 Å². The molecule has 0 aromatic carbocycles. The van der Waals surface area contributed by atoms with E-state index in [9.17, 15) is 14.9 Å². The van der Waals surface area contributed by atoms with Crippen LogP contribution in [-0.4, -0.2) is 27.8 Å². The van der Waals surface area contributed by atoms with Gasteiger partial charge in [0.2, 0.25) is 0 Å². The minimum atomic E-state index is -0.649. The Bertz CT molecular complexity index is 685. The average Bonchev–Trinajstić information content (AvgIpc) is 2.48. The van der Waals surface area contributed by atoms with E-state index < -0.39 is 10.8 Å². The van der Waals surface area contributed by atoms with E-state index >= 15 is 0 Å². The summed E-state index contributed by atoms with van der Waals surface area (Å²) in [6.07, 6.45) is 2.64. The summed E-state index contributed by atoms with van der Waals surface area (Å²) in [7, 11) is 1.61. The first-order valence-electron chi connectivity index (χ1n) is 6.07. The molecule has 0 saturated carbocycles. The molecule has 108 valence electrons. The normalized spacial score (nSPS) is 10.0. The molecule has 0 spiro atoms. The molecule has 8 heteroatoms. The van der Waals surface area contributed by atoms with Gasteiger partial charge < -0.3 is 10.6 Å². The van der Waals surface area contributed by atoms with Crippen LogP contribution in [0.15, 0.2) is 30.6 Å². The van der Waals surface area contributed by atoms with Crippen LogP contribution in [0.1, 0.15) is 15.9 Å². The Labute approximate surface area is 120 Å². The van der Waals surface area contributed by atoms with Crippen LogP contribution in [0.3, 0.4) is 0 Å². The summed E-state index contributed by atoms with van der Waals surface area (Å²) in [5.74, 6) is 0.0716. The van der Waals surface area contributed by atoms with Crippen molar-refractivity contribution in [1.29, 1.82) is 0 Å². The van der Waals surface area contributed by atoms with Crippen molar-refractivity contribution in [3.05, 3.63) is 51.8 Å². The number of hydrogen-bond donors (Lipinski definition) is 2. The summed E-state index contributed by atoms with van der Waals surface area (Å²) < 4.78 is 0. The zero-order valence-electron chi connectivity index (χ0n) is 11.5. The van der Waals surface area contributed by atoms with Gasteiger partial charge >= 0.3 is 0 Å². The topological polar surface area (TPSA) is 110 Å². The van der Waals surface area contributed by atoms with Gasteiger partial charge in [0.15, 0.2) is 0 Å². The Morgan fingerprint density at radius 1 is 1.24 bits per heavy atom. The van der Waals surface area contributed by atoms with Gasteiger partial charge in [-0.05, 0) is 18.6 Å². The lowest BCUT2D eigenvalue weighted by atomic mass is 10.2. The van der Waals surface area contributed by atoms with Gasteiger partial charge in [0.1, 0.15) is 23.4 Å². The van der Waals surface area contributed by atoms with Crippen molar-refractivity contribution in [2.45, 2.75) is 6.92 Å². The zero-order valence-corrected chi connectivity index (χ0v) is 11.5. The third-order valence-electron chi connectivity index (χ3n) is 2.73. The number of aromatic nitrogens is 2. The van der Waals surface area contributed by atoms with Crippen LogP contribution in [0.4, 0.5) is 17.3 Å². The fraction of sp³-hybridized carbons (Fsp3) is 0.154. The Morgan fingerprint density at radius 2 is 1.95 bits per heavy atom. The SMILES string of the molecule is CNc1cc(C(=O)Nc2ccc(C)cn2)c([N+](=O)[O-])cn1. The minimum Gasteiger partial charge on any atom is -0.373 e. The molecule has 2 heterocycles. The highest BCUT2D eigenvalue weighted by atomic mass is 16.6. The molecule has 0 unspecified atom stereocenters. The van der Waals surface area contributed by atoms with E-state index in [1.165, 1.54) is 6.07 Å². The fourth-order valence-electron chi connectivity index (χ4n) is 1.64. The highest BCUT2D eigenvalue weighted by Crippen LogP contribution is 2.21. The number of amides is 1. The van der Waals surface area contributed by atoms with Crippen LogP contribution >= 0.6 is 0 Å². The largest absolute Gasteiger partial charge is 0.373 e. The second-order valence-electron chi connectivity index (χ2n) is 4.27. The molecule has 0 radical (unpaired) electrons. The molecule has 21 heavy (non-hydrogen) atoms. The van der Waals surface area contributed by atoms with Gasteiger partial charge in [0.05, 0.1) is 4.92 Å². The highest BCUT2D eigenvalue weighted by Gasteiger charge is 2.21. The van der Waals surface area contributed by atoms with E-state index in [4.69, 9.17) is 0 Å². The molecular weight excluding hydrogens is 274 g/mol. The maximum absolute atomic E-state index is 12.2. The van der Waals surface area contributed by atoms with Gasteiger partial charge in [-0.15, -0.1) is 0 Å². The number of aryl methyl sites for hydroxylation is 1. The fourth-order valence-corrected chi connectivity index (χ4v) is 1.64. The third kappa shape index (κ3) is 3.30. The molecular formula is C13H13N5O3. The zero-order chi connectivity index (χ0) is 15.4. The van der Waals surface area contributed by atoms with Crippen molar-refractivity contribution < 1.29 is 9.72 Å². The van der Waals surface area contributed by atoms with Crippen molar-refractivity contribution in [3.63, 3.8) is 0 Å². The Kier molecular flexibility index (Phi) is 4.07. The van der Waals surface area contributed by atoms with Crippen LogP contribution in [-0.2, 0) is 0 Å². The van der Waals surface area contributed by atoms with Gasteiger partial charge in [-0.25, -0.2) is 9.97 Å². The monoisotopic (exact) mass is 287 g/mol. The van der Waals surface area contributed by atoms with Gasteiger partial charge in [-0.3, -0.25) is 14.9 Å². The molecule has 2 aromatic heterocycles. The standard InChI is InChI=1S/C13H13N5O3/c1-8-3-4-11(15-6-8)17-13(19)9-5-12(14-2)16-7-10(9)18(20)21/h3-7H,1-2H3,(H,14,16)(H,15,17,19). The molecule has 2 aromatic rings. The van der Waals surface area contributed by atoms with Gasteiger partial charge in [0.25, 0.3) is 11.6 Å².